The van der Waals surface area contributed by atoms with Gasteiger partial charge in [0.15, 0.2) is 6.54 Å². The number of hydrogen-bond acceptors (Lipinski definition) is 4. The van der Waals surface area contributed by atoms with E-state index in [1.54, 1.807) is 6.07 Å². The molecule has 1 aliphatic heterocycles. The molecule has 0 bridgehead atoms. The predicted octanol–water partition coefficient (Wildman–Crippen LogP) is 1.11. The summed E-state index contributed by atoms with van der Waals surface area (Å²) in [6.45, 7) is 6.48. The van der Waals surface area contributed by atoms with E-state index in [1.165, 1.54) is 13.2 Å². The molecule has 0 saturated carbocycles. The molecule has 9 heteroatoms. The molecule has 1 saturated heterocycles. The number of ether oxygens (including phenoxy) is 1. The Balaban J connectivity index is 1.88. The molecule has 1 atom stereocenters. The van der Waals surface area contributed by atoms with E-state index in [0.29, 0.717) is 38.3 Å². The largest absolute Gasteiger partial charge is 0.467 e. The van der Waals surface area contributed by atoms with Crippen molar-refractivity contribution in [3.05, 3.63) is 29.8 Å². The Morgan fingerprint density at radius 1 is 1.24 bits per heavy atom. The highest BCUT2D eigenvalue weighted by Gasteiger charge is 2.31. The van der Waals surface area contributed by atoms with Crippen molar-refractivity contribution < 1.29 is 32.4 Å². The molecular weight excluding hydrogens is 387 g/mol. The summed E-state index contributed by atoms with van der Waals surface area (Å²) in [7, 11) is 1.29. The zero-order valence-electron chi connectivity index (χ0n) is 17.0. The summed E-state index contributed by atoms with van der Waals surface area (Å²) in [5.74, 6) is -0.470. The van der Waals surface area contributed by atoms with Crippen LogP contribution >= 0.6 is 0 Å². The molecule has 29 heavy (non-hydrogen) atoms. The number of esters is 1. The van der Waals surface area contributed by atoms with Crippen molar-refractivity contribution in [2.24, 2.45) is 5.92 Å². The van der Waals surface area contributed by atoms with E-state index in [0.717, 1.165) is 17.0 Å². The van der Waals surface area contributed by atoms with Crippen molar-refractivity contribution in [1.29, 1.82) is 0 Å². The maximum Gasteiger partial charge on any atom is 0.416 e. The van der Waals surface area contributed by atoms with Crippen molar-refractivity contribution in [2.75, 3.05) is 44.7 Å². The SMILES string of the molecule is COC(=O)[C@H](CC(C)C)NC(=O)C[NH+]1CCN(c2cccc(C(F)(F)F)c2)CC1. The molecule has 0 aromatic heterocycles. The third kappa shape index (κ3) is 6.92. The summed E-state index contributed by atoms with van der Waals surface area (Å²) in [6.07, 6.45) is -3.87. The second-order valence-electron chi connectivity index (χ2n) is 7.73. The minimum atomic E-state index is -4.37. The summed E-state index contributed by atoms with van der Waals surface area (Å²) in [5, 5.41) is 2.74. The molecule has 6 nitrogen and oxygen atoms in total. The van der Waals surface area contributed by atoms with Crippen LogP contribution in [-0.4, -0.2) is 57.8 Å². The van der Waals surface area contributed by atoms with Crippen molar-refractivity contribution in [3.8, 4) is 0 Å². The number of quaternary nitrogens is 1. The highest BCUT2D eigenvalue weighted by atomic mass is 19.4. The average Bonchev–Trinajstić information content (AvgIpc) is 2.66. The van der Waals surface area contributed by atoms with Crippen LogP contribution in [-0.2, 0) is 20.5 Å². The van der Waals surface area contributed by atoms with Gasteiger partial charge in [0.25, 0.3) is 5.91 Å². The van der Waals surface area contributed by atoms with Crippen molar-refractivity contribution in [3.63, 3.8) is 0 Å². The van der Waals surface area contributed by atoms with E-state index < -0.39 is 23.8 Å². The molecule has 2 rings (SSSR count). The first kappa shape index (κ1) is 23.0. The Hall–Kier alpha value is -2.29. The number of halogens is 3. The maximum absolute atomic E-state index is 12.9. The zero-order valence-corrected chi connectivity index (χ0v) is 17.0. The third-order valence-corrected chi connectivity index (χ3v) is 4.95. The van der Waals surface area contributed by atoms with Gasteiger partial charge in [0, 0.05) is 5.69 Å². The minimum absolute atomic E-state index is 0.210. The second-order valence-corrected chi connectivity index (χ2v) is 7.73. The highest BCUT2D eigenvalue weighted by molar-refractivity contribution is 5.84. The predicted molar refractivity (Wildman–Crippen MR) is 103 cm³/mol. The van der Waals surface area contributed by atoms with Gasteiger partial charge >= 0.3 is 12.1 Å². The molecule has 0 radical (unpaired) electrons. The molecular formula is C20H29F3N3O3+. The van der Waals surface area contributed by atoms with Crippen LogP contribution in [0.15, 0.2) is 24.3 Å². The molecule has 0 unspecified atom stereocenters. The molecule has 1 fully saturated rings. The normalized spacial score (nSPS) is 16.6. The van der Waals surface area contributed by atoms with Gasteiger partial charge in [-0.2, -0.15) is 13.2 Å². The summed E-state index contributed by atoms with van der Waals surface area (Å²) in [5.41, 5.74) is -0.130. The number of hydrogen-bond donors (Lipinski definition) is 2. The number of rotatable bonds is 7. The lowest BCUT2D eigenvalue weighted by Crippen LogP contribution is -3.16. The van der Waals surface area contributed by atoms with Gasteiger partial charge in [0.2, 0.25) is 0 Å². The van der Waals surface area contributed by atoms with Gasteiger partial charge in [0.05, 0.1) is 38.9 Å². The van der Waals surface area contributed by atoms with Gasteiger partial charge in [-0.1, -0.05) is 19.9 Å². The fraction of sp³-hybridized carbons (Fsp3) is 0.600. The summed E-state index contributed by atoms with van der Waals surface area (Å²) in [4.78, 5) is 27.1. The highest BCUT2D eigenvalue weighted by Crippen LogP contribution is 2.31. The summed E-state index contributed by atoms with van der Waals surface area (Å²) in [6, 6.07) is 4.62. The Morgan fingerprint density at radius 2 is 1.90 bits per heavy atom. The van der Waals surface area contributed by atoms with Gasteiger partial charge in [0.1, 0.15) is 6.04 Å². The number of benzene rings is 1. The molecule has 162 valence electrons. The molecule has 1 heterocycles. The summed E-state index contributed by atoms with van der Waals surface area (Å²) < 4.78 is 43.5. The first-order valence-electron chi connectivity index (χ1n) is 9.73. The number of methoxy groups -OCH3 is 1. The number of nitrogens with one attached hydrogen (secondary N) is 2. The van der Waals surface area contributed by atoms with Gasteiger partial charge < -0.3 is 19.9 Å². The van der Waals surface area contributed by atoms with Crippen LogP contribution in [0.25, 0.3) is 0 Å². The van der Waals surface area contributed by atoms with Crippen molar-refractivity contribution >= 4 is 17.6 Å². The van der Waals surface area contributed by atoms with Crippen LogP contribution in [0.2, 0.25) is 0 Å². The lowest BCUT2D eigenvalue weighted by Gasteiger charge is -2.33. The molecule has 0 spiro atoms. The standard InChI is InChI=1S/C20H28F3N3O3/c1-14(2)11-17(19(28)29-3)24-18(27)13-25-7-9-26(10-8-25)16-6-4-5-15(12-16)20(21,22)23/h4-6,12,14,17H,7-11,13H2,1-3H3,(H,24,27)/p+1/t17-/m0/s1. The number of piperazine rings is 1. The number of amides is 1. The van der Waals surface area contributed by atoms with E-state index in [-0.39, 0.29) is 18.4 Å². The van der Waals surface area contributed by atoms with Crippen LogP contribution in [0.1, 0.15) is 25.8 Å². The quantitative estimate of drug-likeness (QED) is 0.654. The molecule has 1 aliphatic rings. The van der Waals surface area contributed by atoms with E-state index in [4.69, 9.17) is 4.74 Å². The molecule has 1 amide bonds. The van der Waals surface area contributed by atoms with Gasteiger partial charge in [-0.3, -0.25) is 4.79 Å². The molecule has 0 aliphatic carbocycles. The van der Waals surface area contributed by atoms with E-state index >= 15 is 0 Å². The monoisotopic (exact) mass is 416 g/mol. The van der Waals surface area contributed by atoms with E-state index in [1.807, 2.05) is 18.7 Å². The van der Waals surface area contributed by atoms with Crippen LogP contribution in [0.5, 0.6) is 0 Å². The average molecular weight is 416 g/mol. The number of nitrogens with zero attached hydrogens (tertiary/aromatic N) is 1. The van der Waals surface area contributed by atoms with Crippen LogP contribution < -0.4 is 15.1 Å². The Bertz CT molecular complexity index is 702. The zero-order chi connectivity index (χ0) is 21.6. The molecule has 1 aromatic carbocycles. The maximum atomic E-state index is 12.9. The van der Waals surface area contributed by atoms with Gasteiger partial charge in [-0.25, -0.2) is 4.79 Å². The van der Waals surface area contributed by atoms with Gasteiger partial charge in [-0.05, 0) is 30.5 Å². The van der Waals surface area contributed by atoms with Crippen LogP contribution in [0.4, 0.5) is 18.9 Å². The van der Waals surface area contributed by atoms with E-state index in [2.05, 4.69) is 5.32 Å². The Morgan fingerprint density at radius 3 is 2.45 bits per heavy atom. The lowest BCUT2D eigenvalue weighted by atomic mass is 10.0. The molecule has 1 aromatic rings. The van der Waals surface area contributed by atoms with E-state index in [9.17, 15) is 22.8 Å². The van der Waals surface area contributed by atoms with Crippen LogP contribution in [0.3, 0.4) is 0 Å². The smallest absolute Gasteiger partial charge is 0.416 e. The Labute approximate surface area is 169 Å². The lowest BCUT2D eigenvalue weighted by molar-refractivity contribution is -0.892. The second kappa shape index (κ2) is 9.96. The topological polar surface area (TPSA) is 63.1 Å². The number of carbonyl (C=O) groups excluding carboxylic acids is 2. The fourth-order valence-corrected chi connectivity index (χ4v) is 3.44. The van der Waals surface area contributed by atoms with Crippen LogP contribution in [0, 0.1) is 5.92 Å². The van der Waals surface area contributed by atoms with Crippen molar-refractivity contribution in [1.82, 2.24) is 5.32 Å². The minimum Gasteiger partial charge on any atom is -0.467 e. The Kier molecular flexibility index (Phi) is 7.89. The first-order chi connectivity index (χ1) is 13.6. The summed E-state index contributed by atoms with van der Waals surface area (Å²) >= 11 is 0. The van der Waals surface area contributed by atoms with Gasteiger partial charge in [-0.15, -0.1) is 0 Å². The third-order valence-electron chi connectivity index (χ3n) is 4.95. The number of anilines is 1. The number of alkyl halides is 3. The van der Waals surface area contributed by atoms with Crippen molar-refractivity contribution in [2.45, 2.75) is 32.5 Å². The first-order valence-corrected chi connectivity index (χ1v) is 9.73. The fourth-order valence-electron chi connectivity index (χ4n) is 3.44. The molecule has 2 N–H and O–H groups in total. The number of carbonyl (C=O) groups is 2.